The molecule has 2 aromatic rings. The van der Waals surface area contributed by atoms with Gasteiger partial charge in [0.15, 0.2) is 0 Å². The van der Waals surface area contributed by atoms with Crippen molar-refractivity contribution in [3.8, 4) is 0 Å². The Labute approximate surface area is 115 Å². The van der Waals surface area contributed by atoms with Gasteiger partial charge in [0.2, 0.25) is 0 Å². The molecule has 0 aromatic heterocycles. The fourth-order valence-corrected chi connectivity index (χ4v) is 2.66. The lowest BCUT2D eigenvalue weighted by molar-refractivity contribution is 1.06. The first-order valence-electron chi connectivity index (χ1n) is 6.92. The maximum absolute atomic E-state index is 2.37. The van der Waals surface area contributed by atoms with Gasteiger partial charge in [-0.15, -0.1) is 0 Å². The van der Waals surface area contributed by atoms with E-state index in [1.54, 1.807) is 0 Å². The number of rotatable bonds is 3. The summed E-state index contributed by atoms with van der Waals surface area (Å²) in [7, 11) is 0. The second-order valence-corrected chi connectivity index (χ2v) is 4.96. The molecule has 0 atom stereocenters. The van der Waals surface area contributed by atoms with Crippen LogP contribution < -0.4 is 0 Å². The summed E-state index contributed by atoms with van der Waals surface area (Å²) in [6.07, 6.45) is 4.59. The third kappa shape index (κ3) is 2.39. The summed E-state index contributed by atoms with van der Waals surface area (Å²) in [5.74, 6) is 0. The molecule has 0 bridgehead atoms. The van der Waals surface area contributed by atoms with E-state index in [1.807, 2.05) is 0 Å². The zero-order valence-corrected chi connectivity index (χ0v) is 11.3. The highest BCUT2D eigenvalue weighted by molar-refractivity contribution is 5.99. The van der Waals surface area contributed by atoms with Crippen LogP contribution in [0.5, 0.6) is 0 Å². The lowest BCUT2D eigenvalue weighted by atomic mass is 9.96. The van der Waals surface area contributed by atoms with E-state index in [4.69, 9.17) is 0 Å². The van der Waals surface area contributed by atoms with Crippen LogP contribution >= 0.6 is 0 Å². The van der Waals surface area contributed by atoms with Gasteiger partial charge in [0.25, 0.3) is 0 Å². The first-order valence-corrected chi connectivity index (χ1v) is 6.92. The lowest BCUT2D eigenvalue weighted by Gasteiger charge is -2.08. The summed E-state index contributed by atoms with van der Waals surface area (Å²) in [5, 5.41) is 0. The van der Waals surface area contributed by atoms with Crippen molar-refractivity contribution in [1.82, 2.24) is 0 Å². The maximum atomic E-state index is 2.37. The number of allylic oxidation sites excluding steroid dienone is 4. The first-order chi connectivity index (χ1) is 9.38. The van der Waals surface area contributed by atoms with Crippen LogP contribution in [0, 0.1) is 0 Å². The molecular weight excluding hydrogens is 228 g/mol. The Balaban J connectivity index is 2.10. The van der Waals surface area contributed by atoms with Crippen molar-refractivity contribution in [3.63, 3.8) is 0 Å². The Morgan fingerprint density at radius 1 is 0.789 bits per heavy atom. The number of hydrogen-bond acceptors (Lipinski definition) is 0. The first kappa shape index (κ1) is 12.0. The molecular formula is C19H18. The highest BCUT2D eigenvalue weighted by Gasteiger charge is 2.17. The molecule has 0 unspecified atom stereocenters. The van der Waals surface area contributed by atoms with Crippen LogP contribution in [-0.4, -0.2) is 0 Å². The van der Waals surface area contributed by atoms with E-state index in [1.165, 1.54) is 27.8 Å². The Kier molecular flexibility index (Phi) is 3.33. The zero-order valence-electron chi connectivity index (χ0n) is 11.3. The summed E-state index contributed by atoms with van der Waals surface area (Å²) in [6.45, 7) is 2.24. The predicted octanol–water partition coefficient (Wildman–Crippen LogP) is 5.34. The van der Waals surface area contributed by atoms with Crippen LogP contribution in [-0.2, 0) is 0 Å². The third-order valence-corrected chi connectivity index (χ3v) is 3.74. The average Bonchev–Trinajstić information content (AvgIpc) is 2.93. The topological polar surface area (TPSA) is 0 Å². The molecule has 0 spiro atoms. The summed E-state index contributed by atoms with van der Waals surface area (Å²) in [6, 6.07) is 21.5. The van der Waals surface area contributed by atoms with Crippen molar-refractivity contribution in [1.29, 1.82) is 0 Å². The van der Waals surface area contributed by atoms with Gasteiger partial charge in [-0.25, -0.2) is 0 Å². The molecule has 94 valence electrons. The van der Waals surface area contributed by atoms with Crippen molar-refractivity contribution >= 4 is 11.1 Å². The highest BCUT2D eigenvalue weighted by atomic mass is 14.2. The van der Waals surface area contributed by atoms with Crippen LogP contribution in [0.3, 0.4) is 0 Å². The molecule has 0 nitrogen and oxygen atoms in total. The zero-order chi connectivity index (χ0) is 13.1. The van der Waals surface area contributed by atoms with Crippen molar-refractivity contribution < 1.29 is 0 Å². The standard InChI is InChI=1S/C19H18/c1-2-15-13-18(16-9-5-3-6-10-16)19(14-15)17-11-7-4-8-12-17/h3-13H,2,14H2,1H3. The van der Waals surface area contributed by atoms with Gasteiger partial charge in [0.05, 0.1) is 0 Å². The molecule has 2 aromatic carbocycles. The predicted molar refractivity (Wildman–Crippen MR) is 82.7 cm³/mol. The van der Waals surface area contributed by atoms with E-state index < -0.39 is 0 Å². The minimum atomic E-state index is 1.09. The van der Waals surface area contributed by atoms with Gasteiger partial charge in [0, 0.05) is 0 Å². The molecule has 0 N–H and O–H groups in total. The van der Waals surface area contributed by atoms with Crippen LogP contribution in [0.4, 0.5) is 0 Å². The Morgan fingerprint density at radius 2 is 1.37 bits per heavy atom. The van der Waals surface area contributed by atoms with E-state index in [0.29, 0.717) is 0 Å². The fraction of sp³-hybridized carbons (Fsp3) is 0.158. The number of benzene rings is 2. The van der Waals surface area contributed by atoms with E-state index in [9.17, 15) is 0 Å². The second-order valence-electron chi connectivity index (χ2n) is 4.96. The van der Waals surface area contributed by atoms with E-state index in [-0.39, 0.29) is 0 Å². The summed E-state index contributed by atoms with van der Waals surface area (Å²) >= 11 is 0. The lowest BCUT2D eigenvalue weighted by Crippen LogP contribution is -1.86. The summed E-state index contributed by atoms with van der Waals surface area (Å²) in [5.41, 5.74) is 7.05. The van der Waals surface area contributed by atoms with E-state index in [2.05, 4.69) is 73.7 Å². The Hall–Kier alpha value is -2.08. The molecule has 0 saturated heterocycles. The van der Waals surface area contributed by atoms with Crippen LogP contribution in [0.2, 0.25) is 0 Å². The normalized spacial score (nSPS) is 14.7. The SMILES string of the molecule is CCC1=CC(c2ccccc2)=C(c2ccccc2)C1. The minimum absolute atomic E-state index is 1.09. The fourth-order valence-electron chi connectivity index (χ4n) is 2.66. The maximum Gasteiger partial charge on any atom is -0.00518 e. The number of hydrogen-bond donors (Lipinski definition) is 0. The van der Waals surface area contributed by atoms with Gasteiger partial charge in [0.1, 0.15) is 0 Å². The quantitative estimate of drug-likeness (QED) is 0.686. The molecule has 0 heteroatoms. The van der Waals surface area contributed by atoms with Gasteiger partial charge in [-0.05, 0) is 35.1 Å². The van der Waals surface area contributed by atoms with E-state index >= 15 is 0 Å². The molecule has 19 heavy (non-hydrogen) atoms. The molecule has 3 rings (SSSR count). The molecule has 1 aliphatic rings. The second kappa shape index (κ2) is 5.27. The van der Waals surface area contributed by atoms with Crippen LogP contribution in [0.25, 0.3) is 11.1 Å². The van der Waals surface area contributed by atoms with Crippen molar-refractivity contribution in [3.05, 3.63) is 83.4 Å². The van der Waals surface area contributed by atoms with Crippen molar-refractivity contribution in [2.75, 3.05) is 0 Å². The molecule has 0 heterocycles. The molecule has 0 amide bonds. The van der Waals surface area contributed by atoms with Gasteiger partial charge in [-0.2, -0.15) is 0 Å². The Bertz CT molecular complexity index is 616. The van der Waals surface area contributed by atoms with Gasteiger partial charge in [-0.1, -0.05) is 79.2 Å². The summed E-state index contributed by atoms with van der Waals surface area (Å²) < 4.78 is 0. The van der Waals surface area contributed by atoms with Crippen molar-refractivity contribution in [2.45, 2.75) is 19.8 Å². The minimum Gasteiger partial charge on any atom is -0.0654 e. The smallest absolute Gasteiger partial charge is 0.00518 e. The Morgan fingerprint density at radius 3 is 1.95 bits per heavy atom. The molecule has 1 aliphatic carbocycles. The molecule has 0 aliphatic heterocycles. The monoisotopic (exact) mass is 246 g/mol. The van der Waals surface area contributed by atoms with Gasteiger partial charge >= 0.3 is 0 Å². The molecule has 0 radical (unpaired) electrons. The van der Waals surface area contributed by atoms with Crippen molar-refractivity contribution in [2.24, 2.45) is 0 Å². The summed E-state index contributed by atoms with van der Waals surface area (Å²) in [4.78, 5) is 0. The average molecular weight is 246 g/mol. The van der Waals surface area contributed by atoms with Crippen LogP contribution in [0.15, 0.2) is 72.3 Å². The molecule has 0 saturated carbocycles. The van der Waals surface area contributed by atoms with E-state index in [0.717, 1.165) is 12.8 Å². The third-order valence-electron chi connectivity index (χ3n) is 3.74. The molecule has 0 fully saturated rings. The highest BCUT2D eigenvalue weighted by Crippen LogP contribution is 2.39. The van der Waals surface area contributed by atoms with Crippen LogP contribution in [0.1, 0.15) is 30.9 Å². The largest absolute Gasteiger partial charge is 0.0654 e. The van der Waals surface area contributed by atoms with Gasteiger partial charge in [-0.3, -0.25) is 0 Å². The van der Waals surface area contributed by atoms with Gasteiger partial charge < -0.3 is 0 Å².